The molecule has 0 aliphatic rings. The van der Waals surface area contributed by atoms with Gasteiger partial charge < -0.3 is 0 Å². The van der Waals surface area contributed by atoms with Gasteiger partial charge in [0.2, 0.25) is 0 Å². The molecule has 4 nitrogen and oxygen atoms in total. The van der Waals surface area contributed by atoms with Crippen molar-refractivity contribution in [2.75, 3.05) is 4.72 Å². The van der Waals surface area contributed by atoms with Crippen LogP contribution in [0.2, 0.25) is 5.02 Å². The first-order chi connectivity index (χ1) is 6.72. The zero-order valence-electron chi connectivity index (χ0n) is 6.92. The van der Waals surface area contributed by atoms with Gasteiger partial charge in [-0.3, -0.25) is 4.72 Å². The summed E-state index contributed by atoms with van der Waals surface area (Å²) >= 11 is 5.41. The van der Waals surface area contributed by atoms with Crippen molar-refractivity contribution in [2.24, 2.45) is 0 Å². The Bertz CT molecular complexity index is 442. The number of nitrogens with one attached hydrogen (secondary N) is 1. The SMILES string of the molecule is O=S(=O)(Nc1ccc(Cl)cn1)C(F)(F)F. The Hall–Kier alpha value is -1.02. The van der Waals surface area contributed by atoms with Gasteiger partial charge in [0.1, 0.15) is 5.82 Å². The summed E-state index contributed by atoms with van der Waals surface area (Å²) in [5.74, 6) is -0.447. The third-order valence-electron chi connectivity index (χ3n) is 1.27. The minimum absolute atomic E-state index is 0.185. The quantitative estimate of drug-likeness (QED) is 0.885. The molecule has 0 amide bonds. The van der Waals surface area contributed by atoms with E-state index in [1.165, 1.54) is 10.8 Å². The largest absolute Gasteiger partial charge is 0.516 e. The van der Waals surface area contributed by atoms with Crippen molar-refractivity contribution in [3.05, 3.63) is 23.4 Å². The average Bonchev–Trinajstić information content (AvgIpc) is 2.06. The van der Waals surface area contributed by atoms with Gasteiger partial charge in [0.05, 0.1) is 5.02 Å². The van der Waals surface area contributed by atoms with Gasteiger partial charge in [0, 0.05) is 6.20 Å². The summed E-state index contributed by atoms with van der Waals surface area (Å²) in [7, 11) is -5.42. The minimum Gasteiger partial charge on any atom is -0.260 e. The van der Waals surface area contributed by atoms with Crippen molar-refractivity contribution >= 4 is 27.4 Å². The van der Waals surface area contributed by atoms with Crippen LogP contribution in [0.3, 0.4) is 0 Å². The summed E-state index contributed by atoms with van der Waals surface area (Å²) in [5.41, 5.74) is -5.37. The Morgan fingerprint density at radius 3 is 2.33 bits per heavy atom. The van der Waals surface area contributed by atoms with Crippen molar-refractivity contribution in [3.63, 3.8) is 0 Å². The number of anilines is 1. The second-order valence-corrected chi connectivity index (χ2v) is 4.52. The van der Waals surface area contributed by atoms with Gasteiger partial charge in [0.25, 0.3) is 0 Å². The van der Waals surface area contributed by atoms with Crippen molar-refractivity contribution in [3.8, 4) is 0 Å². The molecule has 1 aromatic rings. The molecule has 0 atom stereocenters. The summed E-state index contributed by atoms with van der Waals surface area (Å²) in [6.07, 6.45) is 1.02. The number of hydrogen-bond donors (Lipinski definition) is 1. The van der Waals surface area contributed by atoms with E-state index in [9.17, 15) is 21.6 Å². The molecule has 1 N–H and O–H groups in total. The molecule has 0 aliphatic carbocycles. The highest BCUT2D eigenvalue weighted by Crippen LogP contribution is 2.24. The smallest absolute Gasteiger partial charge is 0.260 e. The molecule has 1 aromatic heterocycles. The molecule has 0 radical (unpaired) electrons. The molecule has 84 valence electrons. The monoisotopic (exact) mass is 260 g/mol. The number of hydrogen-bond acceptors (Lipinski definition) is 3. The van der Waals surface area contributed by atoms with Crippen LogP contribution in [0.4, 0.5) is 19.0 Å². The predicted molar refractivity (Wildman–Crippen MR) is 47.8 cm³/mol. The first-order valence-corrected chi connectivity index (χ1v) is 5.29. The summed E-state index contributed by atoms with van der Waals surface area (Å²) < 4.78 is 58.1. The first-order valence-electron chi connectivity index (χ1n) is 3.43. The lowest BCUT2D eigenvalue weighted by molar-refractivity contribution is -0.0429. The first kappa shape index (κ1) is 12.1. The molecule has 1 rings (SSSR count). The molecule has 0 spiro atoms. The van der Waals surface area contributed by atoms with Crippen LogP contribution in [-0.4, -0.2) is 18.9 Å². The normalized spacial score (nSPS) is 12.5. The van der Waals surface area contributed by atoms with Crippen molar-refractivity contribution in [1.82, 2.24) is 4.98 Å². The number of sulfonamides is 1. The topological polar surface area (TPSA) is 59.1 Å². The second-order valence-electron chi connectivity index (χ2n) is 2.41. The molecule has 1 heterocycles. The van der Waals surface area contributed by atoms with E-state index in [0.29, 0.717) is 0 Å². The van der Waals surface area contributed by atoms with Gasteiger partial charge >= 0.3 is 15.5 Å². The van der Waals surface area contributed by atoms with Gasteiger partial charge in [-0.25, -0.2) is 4.98 Å². The van der Waals surface area contributed by atoms with Crippen LogP contribution in [-0.2, 0) is 10.0 Å². The summed E-state index contributed by atoms with van der Waals surface area (Å²) in [6, 6.07) is 2.23. The van der Waals surface area contributed by atoms with E-state index in [1.54, 1.807) is 0 Å². The highest BCUT2D eigenvalue weighted by molar-refractivity contribution is 7.93. The molecule has 0 aliphatic heterocycles. The van der Waals surface area contributed by atoms with Crippen LogP contribution in [0.15, 0.2) is 18.3 Å². The molecule has 0 unspecified atom stereocenters. The third kappa shape index (κ3) is 2.96. The number of alkyl halides is 3. The maximum Gasteiger partial charge on any atom is 0.516 e. The lowest BCUT2D eigenvalue weighted by atomic mass is 10.5. The van der Waals surface area contributed by atoms with E-state index in [2.05, 4.69) is 4.98 Å². The molecular weight excluding hydrogens is 257 g/mol. The molecule has 0 fully saturated rings. The van der Waals surface area contributed by atoms with E-state index in [0.717, 1.165) is 12.3 Å². The minimum atomic E-state index is -5.42. The molecule has 0 saturated carbocycles. The van der Waals surface area contributed by atoms with Gasteiger partial charge in [-0.1, -0.05) is 11.6 Å². The van der Waals surface area contributed by atoms with Crippen LogP contribution in [0.5, 0.6) is 0 Å². The standard InChI is InChI=1S/C6H4ClF3N2O2S/c7-4-1-2-5(11-3-4)12-15(13,14)6(8,9)10/h1-3H,(H,11,12). The van der Waals surface area contributed by atoms with Gasteiger partial charge in [-0.05, 0) is 12.1 Å². The predicted octanol–water partition coefficient (Wildman–Crippen LogP) is 2.00. The van der Waals surface area contributed by atoms with Crippen LogP contribution in [0, 0.1) is 0 Å². The van der Waals surface area contributed by atoms with Crippen LogP contribution in [0.1, 0.15) is 0 Å². The number of rotatable bonds is 2. The van der Waals surface area contributed by atoms with Crippen molar-refractivity contribution < 1.29 is 21.6 Å². The zero-order chi connectivity index (χ0) is 11.7. The average molecular weight is 261 g/mol. The highest BCUT2D eigenvalue weighted by Gasteiger charge is 2.46. The van der Waals surface area contributed by atoms with E-state index >= 15 is 0 Å². The summed E-state index contributed by atoms with van der Waals surface area (Å²) in [4.78, 5) is 3.35. The van der Waals surface area contributed by atoms with E-state index < -0.39 is 21.3 Å². The van der Waals surface area contributed by atoms with Gasteiger partial charge in [0.15, 0.2) is 0 Å². The molecule has 15 heavy (non-hydrogen) atoms. The number of nitrogens with zero attached hydrogens (tertiary/aromatic N) is 1. The lowest BCUT2D eigenvalue weighted by Crippen LogP contribution is -2.30. The fourth-order valence-corrected chi connectivity index (χ4v) is 1.26. The Morgan fingerprint density at radius 2 is 1.93 bits per heavy atom. The van der Waals surface area contributed by atoms with Crippen molar-refractivity contribution in [2.45, 2.75) is 5.51 Å². The second kappa shape index (κ2) is 3.86. The number of pyridine rings is 1. The third-order valence-corrected chi connectivity index (χ3v) is 2.58. The van der Waals surface area contributed by atoms with E-state index in [-0.39, 0.29) is 5.02 Å². The fourth-order valence-electron chi connectivity index (χ4n) is 0.632. The Balaban J connectivity index is 2.93. The maximum atomic E-state index is 11.9. The lowest BCUT2D eigenvalue weighted by Gasteiger charge is -2.09. The Labute approximate surface area is 88.1 Å². The van der Waals surface area contributed by atoms with Gasteiger partial charge in [-0.2, -0.15) is 21.6 Å². The fraction of sp³-hybridized carbons (Fsp3) is 0.167. The summed E-state index contributed by atoms with van der Waals surface area (Å²) in [6.45, 7) is 0. The van der Waals surface area contributed by atoms with Crippen LogP contribution < -0.4 is 4.72 Å². The molecular formula is C6H4ClF3N2O2S. The Morgan fingerprint density at radius 1 is 1.33 bits per heavy atom. The Kier molecular flexibility index (Phi) is 3.10. The molecule has 0 aromatic carbocycles. The molecule has 9 heteroatoms. The molecule has 0 saturated heterocycles. The van der Waals surface area contributed by atoms with E-state index in [4.69, 9.17) is 11.6 Å². The molecule has 0 bridgehead atoms. The highest BCUT2D eigenvalue weighted by atomic mass is 35.5. The number of aromatic nitrogens is 1. The van der Waals surface area contributed by atoms with Gasteiger partial charge in [-0.15, -0.1) is 0 Å². The summed E-state index contributed by atoms with van der Waals surface area (Å²) in [5, 5.41) is 0.185. The van der Waals surface area contributed by atoms with Crippen LogP contribution >= 0.6 is 11.6 Å². The van der Waals surface area contributed by atoms with Crippen molar-refractivity contribution in [1.29, 1.82) is 0 Å². The zero-order valence-corrected chi connectivity index (χ0v) is 8.49. The number of halogens is 4. The maximum absolute atomic E-state index is 11.9. The van der Waals surface area contributed by atoms with E-state index in [1.807, 2.05) is 0 Å². The van der Waals surface area contributed by atoms with Crippen LogP contribution in [0.25, 0.3) is 0 Å².